The molecule has 0 amide bonds. The van der Waals surface area contributed by atoms with Crippen molar-refractivity contribution in [2.75, 3.05) is 26.2 Å². The average molecular weight is 238 g/mol. The molecule has 2 nitrogen and oxygen atoms in total. The maximum atomic E-state index is 3.80. The van der Waals surface area contributed by atoms with Crippen LogP contribution in [0.3, 0.4) is 0 Å². The van der Waals surface area contributed by atoms with E-state index < -0.39 is 0 Å². The summed E-state index contributed by atoms with van der Waals surface area (Å²) in [7, 11) is 0. The number of nitrogens with zero attached hydrogens (tertiary/aromatic N) is 1. The first-order chi connectivity index (χ1) is 8.18. The van der Waals surface area contributed by atoms with Crippen LogP contribution in [0.1, 0.15) is 58.8 Å². The summed E-state index contributed by atoms with van der Waals surface area (Å²) in [6.45, 7) is 9.94. The summed E-state index contributed by atoms with van der Waals surface area (Å²) >= 11 is 0. The topological polar surface area (TPSA) is 15.3 Å². The Hall–Kier alpha value is -0.0800. The van der Waals surface area contributed by atoms with Gasteiger partial charge in [0, 0.05) is 19.1 Å². The third-order valence-corrected chi connectivity index (χ3v) is 4.77. The molecule has 2 fully saturated rings. The highest BCUT2D eigenvalue weighted by Gasteiger charge is 2.33. The highest BCUT2D eigenvalue weighted by molar-refractivity contribution is 4.90. The lowest BCUT2D eigenvalue weighted by molar-refractivity contribution is 0.247. The smallest absolute Gasteiger partial charge is 0.0119 e. The number of hydrogen-bond donors (Lipinski definition) is 1. The van der Waals surface area contributed by atoms with Crippen molar-refractivity contribution >= 4 is 0 Å². The Labute approximate surface area is 107 Å². The Bertz CT molecular complexity index is 217. The van der Waals surface area contributed by atoms with Crippen molar-refractivity contribution in [3.05, 3.63) is 0 Å². The monoisotopic (exact) mass is 238 g/mol. The summed E-state index contributed by atoms with van der Waals surface area (Å²) in [5.74, 6) is 0. The fourth-order valence-electron chi connectivity index (χ4n) is 3.46. The first kappa shape index (κ1) is 13.4. The fraction of sp³-hybridized carbons (Fsp3) is 1.00. The van der Waals surface area contributed by atoms with E-state index in [1.807, 2.05) is 0 Å². The quantitative estimate of drug-likeness (QED) is 0.810. The van der Waals surface area contributed by atoms with Crippen LogP contribution in [0.4, 0.5) is 0 Å². The van der Waals surface area contributed by atoms with Gasteiger partial charge in [-0.1, -0.05) is 33.1 Å². The van der Waals surface area contributed by atoms with Gasteiger partial charge in [-0.25, -0.2) is 0 Å². The van der Waals surface area contributed by atoms with Crippen LogP contribution in [0.25, 0.3) is 0 Å². The molecule has 0 aromatic carbocycles. The lowest BCUT2D eigenvalue weighted by atomic mass is 9.87. The molecule has 0 aromatic heterocycles. The van der Waals surface area contributed by atoms with Crippen LogP contribution >= 0.6 is 0 Å². The van der Waals surface area contributed by atoms with Gasteiger partial charge in [-0.2, -0.15) is 0 Å². The number of nitrogens with one attached hydrogen (secondary N) is 1. The van der Waals surface area contributed by atoms with Crippen LogP contribution in [-0.2, 0) is 0 Å². The second-order valence-electron chi connectivity index (χ2n) is 6.64. The van der Waals surface area contributed by atoms with Crippen molar-refractivity contribution in [3.63, 3.8) is 0 Å². The molecule has 100 valence electrons. The Balaban J connectivity index is 1.65. The molecule has 1 atom stereocenters. The van der Waals surface area contributed by atoms with Crippen LogP contribution in [0.5, 0.6) is 0 Å². The summed E-state index contributed by atoms with van der Waals surface area (Å²) in [4.78, 5) is 2.65. The molecule has 0 aromatic rings. The zero-order valence-electron chi connectivity index (χ0n) is 11.8. The van der Waals surface area contributed by atoms with Crippen molar-refractivity contribution in [2.24, 2.45) is 5.41 Å². The van der Waals surface area contributed by atoms with E-state index in [1.54, 1.807) is 0 Å². The molecule has 2 heteroatoms. The Morgan fingerprint density at radius 1 is 1.06 bits per heavy atom. The van der Waals surface area contributed by atoms with Crippen LogP contribution in [0.2, 0.25) is 0 Å². The molecular weight excluding hydrogens is 208 g/mol. The molecule has 1 aliphatic heterocycles. The zero-order chi connectivity index (χ0) is 12.1. The number of hydrogen-bond acceptors (Lipinski definition) is 2. The van der Waals surface area contributed by atoms with E-state index in [0.29, 0.717) is 5.41 Å². The molecule has 1 heterocycles. The van der Waals surface area contributed by atoms with Crippen molar-refractivity contribution in [1.82, 2.24) is 10.2 Å². The summed E-state index contributed by atoms with van der Waals surface area (Å²) in [6, 6.07) is 0.759. The highest BCUT2D eigenvalue weighted by atomic mass is 15.1. The normalized spacial score (nSPS) is 30.4. The SMILES string of the molecule is CC1(C)CCCC1NCCN1CCCCCC1. The van der Waals surface area contributed by atoms with Gasteiger partial charge in [0.05, 0.1) is 0 Å². The van der Waals surface area contributed by atoms with E-state index in [0.717, 1.165) is 6.04 Å². The largest absolute Gasteiger partial charge is 0.312 e. The molecule has 2 aliphatic rings. The van der Waals surface area contributed by atoms with Crippen LogP contribution < -0.4 is 5.32 Å². The molecule has 2 rings (SSSR count). The minimum atomic E-state index is 0.527. The lowest BCUT2D eigenvalue weighted by Gasteiger charge is -2.29. The van der Waals surface area contributed by atoms with Gasteiger partial charge in [-0.15, -0.1) is 0 Å². The zero-order valence-corrected chi connectivity index (χ0v) is 11.8. The first-order valence-electron chi connectivity index (χ1n) is 7.64. The van der Waals surface area contributed by atoms with Gasteiger partial charge >= 0.3 is 0 Å². The maximum absolute atomic E-state index is 3.80. The van der Waals surface area contributed by atoms with Crippen molar-refractivity contribution in [3.8, 4) is 0 Å². The second kappa shape index (κ2) is 6.19. The van der Waals surface area contributed by atoms with E-state index in [-0.39, 0.29) is 0 Å². The van der Waals surface area contributed by atoms with Gasteiger partial charge in [0.1, 0.15) is 0 Å². The minimum absolute atomic E-state index is 0.527. The van der Waals surface area contributed by atoms with E-state index in [9.17, 15) is 0 Å². The molecule has 0 bridgehead atoms. The molecule has 1 saturated heterocycles. The summed E-state index contributed by atoms with van der Waals surface area (Å²) in [6.07, 6.45) is 9.90. The van der Waals surface area contributed by atoms with Gasteiger partial charge in [0.15, 0.2) is 0 Å². The van der Waals surface area contributed by atoms with Crippen LogP contribution in [0.15, 0.2) is 0 Å². The fourth-order valence-corrected chi connectivity index (χ4v) is 3.46. The number of rotatable bonds is 4. The first-order valence-corrected chi connectivity index (χ1v) is 7.64. The highest BCUT2D eigenvalue weighted by Crippen LogP contribution is 2.36. The van der Waals surface area contributed by atoms with Crippen molar-refractivity contribution in [1.29, 1.82) is 0 Å². The van der Waals surface area contributed by atoms with Gasteiger partial charge < -0.3 is 10.2 Å². The average Bonchev–Trinajstić information content (AvgIpc) is 2.53. The molecule has 17 heavy (non-hydrogen) atoms. The van der Waals surface area contributed by atoms with Gasteiger partial charge in [0.25, 0.3) is 0 Å². The Kier molecular flexibility index (Phi) is 4.87. The molecule has 0 radical (unpaired) electrons. The van der Waals surface area contributed by atoms with Crippen molar-refractivity contribution < 1.29 is 0 Å². The summed E-state index contributed by atoms with van der Waals surface area (Å²) in [5.41, 5.74) is 0.527. The third kappa shape index (κ3) is 3.96. The van der Waals surface area contributed by atoms with E-state index in [4.69, 9.17) is 0 Å². The second-order valence-corrected chi connectivity index (χ2v) is 6.64. The minimum Gasteiger partial charge on any atom is -0.312 e. The Morgan fingerprint density at radius 2 is 1.76 bits per heavy atom. The van der Waals surface area contributed by atoms with Crippen molar-refractivity contribution in [2.45, 2.75) is 64.8 Å². The molecule has 1 unspecified atom stereocenters. The summed E-state index contributed by atoms with van der Waals surface area (Å²) < 4.78 is 0. The van der Waals surface area contributed by atoms with Gasteiger partial charge in [-0.05, 0) is 44.2 Å². The number of likely N-dealkylation sites (tertiary alicyclic amines) is 1. The lowest BCUT2D eigenvalue weighted by Crippen LogP contribution is -2.42. The van der Waals surface area contributed by atoms with E-state index >= 15 is 0 Å². The van der Waals surface area contributed by atoms with Crippen LogP contribution in [0, 0.1) is 5.41 Å². The van der Waals surface area contributed by atoms with Gasteiger partial charge in [0.2, 0.25) is 0 Å². The van der Waals surface area contributed by atoms with Gasteiger partial charge in [-0.3, -0.25) is 0 Å². The molecule has 1 saturated carbocycles. The molecule has 1 aliphatic carbocycles. The Morgan fingerprint density at radius 3 is 2.35 bits per heavy atom. The molecule has 0 spiro atoms. The standard InChI is InChI=1S/C15H30N2/c1-15(2)9-7-8-14(15)16-10-13-17-11-5-3-4-6-12-17/h14,16H,3-13H2,1-2H3. The predicted octanol–water partition coefficient (Wildman–Crippen LogP) is 3.03. The summed E-state index contributed by atoms with van der Waals surface area (Å²) in [5, 5.41) is 3.80. The third-order valence-electron chi connectivity index (χ3n) is 4.77. The molecular formula is C15H30N2. The van der Waals surface area contributed by atoms with E-state index in [1.165, 1.54) is 71.1 Å². The maximum Gasteiger partial charge on any atom is 0.0119 e. The molecule has 1 N–H and O–H groups in total. The predicted molar refractivity (Wildman–Crippen MR) is 74.3 cm³/mol. The van der Waals surface area contributed by atoms with E-state index in [2.05, 4.69) is 24.1 Å². The van der Waals surface area contributed by atoms with Crippen LogP contribution in [-0.4, -0.2) is 37.1 Å².